The van der Waals surface area contributed by atoms with Crippen molar-refractivity contribution in [2.75, 3.05) is 0 Å². The molecular weight excluding hydrogens is 237 g/mol. The van der Waals surface area contributed by atoms with E-state index in [-0.39, 0.29) is 5.56 Å². The Bertz CT molecular complexity index is 554. The zero-order valence-corrected chi connectivity index (χ0v) is 8.88. The Morgan fingerprint density at radius 1 is 1.27 bits per heavy atom. The highest BCUT2D eigenvalue weighted by atomic mass is 35.5. The number of pyridine rings is 1. The lowest BCUT2D eigenvalue weighted by atomic mass is 10.1. The molecule has 0 aliphatic heterocycles. The molecule has 1 N–H and O–H groups in total. The van der Waals surface area contributed by atoms with Crippen LogP contribution in [0.25, 0.3) is 10.9 Å². The minimum absolute atomic E-state index is 0.103. The number of aromatic carboxylic acids is 1. The highest BCUT2D eigenvalue weighted by Crippen LogP contribution is 2.27. The summed E-state index contributed by atoms with van der Waals surface area (Å²) in [5.41, 5.74) is 0.684. The summed E-state index contributed by atoms with van der Waals surface area (Å²) in [6.45, 7) is 0. The third kappa shape index (κ3) is 1.89. The SMILES string of the molecule is O=C(O)c1cnc2cc(Cl)cc(Cl)c2c1. The van der Waals surface area contributed by atoms with Crippen LogP contribution in [0.4, 0.5) is 0 Å². The van der Waals surface area contributed by atoms with Crippen LogP contribution < -0.4 is 0 Å². The van der Waals surface area contributed by atoms with Gasteiger partial charge in [0.1, 0.15) is 0 Å². The maximum Gasteiger partial charge on any atom is 0.337 e. The van der Waals surface area contributed by atoms with Crippen LogP contribution in [0.2, 0.25) is 10.0 Å². The van der Waals surface area contributed by atoms with Crippen molar-refractivity contribution in [1.82, 2.24) is 4.98 Å². The standard InChI is InChI=1S/C10H5Cl2NO2/c11-6-2-8(12)7-1-5(10(14)15)4-13-9(7)3-6/h1-4H,(H,14,15). The molecule has 0 fully saturated rings. The number of carbonyl (C=O) groups is 1. The second-order valence-corrected chi connectivity index (χ2v) is 3.83. The number of nitrogens with zero attached hydrogens (tertiary/aromatic N) is 1. The lowest BCUT2D eigenvalue weighted by Crippen LogP contribution is -1.97. The molecule has 0 bridgehead atoms. The zero-order valence-electron chi connectivity index (χ0n) is 7.37. The van der Waals surface area contributed by atoms with Crippen LogP contribution >= 0.6 is 23.2 Å². The van der Waals surface area contributed by atoms with Gasteiger partial charge in [0.2, 0.25) is 0 Å². The maximum absolute atomic E-state index is 10.7. The number of aromatic nitrogens is 1. The third-order valence-electron chi connectivity index (χ3n) is 1.96. The summed E-state index contributed by atoms with van der Waals surface area (Å²) in [5, 5.41) is 10.2. The highest BCUT2D eigenvalue weighted by Gasteiger charge is 2.07. The molecule has 15 heavy (non-hydrogen) atoms. The molecule has 2 aromatic rings. The molecule has 0 saturated carbocycles. The first-order chi connectivity index (χ1) is 7.08. The molecule has 76 valence electrons. The zero-order chi connectivity index (χ0) is 11.0. The van der Waals surface area contributed by atoms with E-state index in [1.165, 1.54) is 12.3 Å². The van der Waals surface area contributed by atoms with Gasteiger partial charge in [0.15, 0.2) is 0 Å². The largest absolute Gasteiger partial charge is 0.478 e. The van der Waals surface area contributed by atoms with E-state index in [1.807, 2.05) is 0 Å². The fourth-order valence-corrected chi connectivity index (χ4v) is 1.81. The van der Waals surface area contributed by atoms with E-state index in [9.17, 15) is 4.79 Å². The van der Waals surface area contributed by atoms with Crippen LogP contribution in [-0.2, 0) is 0 Å². The van der Waals surface area contributed by atoms with Crippen molar-refractivity contribution in [2.24, 2.45) is 0 Å². The van der Waals surface area contributed by atoms with E-state index in [2.05, 4.69) is 4.98 Å². The van der Waals surface area contributed by atoms with Crippen molar-refractivity contribution in [1.29, 1.82) is 0 Å². The number of benzene rings is 1. The van der Waals surface area contributed by atoms with Crippen molar-refractivity contribution in [2.45, 2.75) is 0 Å². The van der Waals surface area contributed by atoms with Crippen molar-refractivity contribution in [3.63, 3.8) is 0 Å². The van der Waals surface area contributed by atoms with E-state index >= 15 is 0 Å². The predicted molar refractivity (Wildman–Crippen MR) is 58.7 cm³/mol. The number of carboxylic acids is 1. The molecule has 0 radical (unpaired) electrons. The Morgan fingerprint density at radius 3 is 2.67 bits per heavy atom. The second-order valence-electron chi connectivity index (χ2n) is 2.98. The summed E-state index contributed by atoms with van der Waals surface area (Å²) in [6.07, 6.45) is 1.28. The van der Waals surface area contributed by atoms with Gasteiger partial charge in [-0.05, 0) is 18.2 Å². The van der Waals surface area contributed by atoms with Gasteiger partial charge in [0.25, 0.3) is 0 Å². The van der Waals surface area contributed by atoms with Gasteiger partial charge in [0, 0.05) is 16.6 Å². The van der Waals surface area contributed by atoms with Crippen LogP contribution in [0, 0.1) is 0 Å². The summed E-state index contributed by atoms with van der Waals surface area (Å²) in [5.74, 6) is -1.03. The van der Waals surface area contributed by atoms with Crippen LogP contribution in [-0.4, -0.2) is 16.1 Å². The Kier molecular flexibility index (Phi) is 2.50. The molecular formula is C10H5Cl2NO2. The first-order valence-corrected chi connectivity index (χ1v) is 4.81. The molecule has 0 atom stereocenters. The minimum atomic E-state index is -1.03. The molecule has 0 unspecified atom stereocenters. The van der Waals surface area contributed by atoms with E-state index in [4.69, 9.17) is 28.3 Å². The molecule has 1 aromatic heterocycles. The summed E-state index contributed by atoms with van der Waals surface area (Å²) < 4.78 is 0. The molecule has 5 heteroatoms. The van der Waals surface area contributed by atoms with Gasteiger partial charge < -0.3 is 5.11 Å². The van der Waals surface area contributed by atoms with Gasteiger partial charge in [-0.2, -0.15) is 0 Å². The molecule has 0 aliphatic carbocycles. The molecule has 0 spiro atoms. The molecule has 0 saturated heterocycles. The van der Waals surface area contributed by atoms with Crippen molar-refractivity contribution >= 4 is 40.1 Å². The first-order valence-electron chi connectivity index (χ1n) is 4.06. The maximum atomic E-state index is 10.7. The molecule has 0 aliphatic rings. The third-order valence-corrected chi connectivity index (χ3v) is 2.49. The fraction of sp³-hybridized carbons (Fsp3) is 0. The van der Waals surface area contributed by atoms with Crippen LogP contribution in [0.1, 0.15) is 10.4 Å². The van der Waals surface area contributed by atoms with E-state index < -0.39 is 5.97 Å². The Morgan fingerprint density at radius 2 is 2.00 bits per heavy atom. The highest BCUT2D eigenvalue weighted by molar-refractivity contribution is 6.38. The normalized spacial score (nSPS) is 10.5. The average molecular weight is 242 g/mol. The number of hydrogen-bond acceptors (Lipinski definition) is 2. The van der Waals surface area contributed by atoms with Gasteiger partial charge in [-0.3, -0.25) is 4.98 Å². The van der Waals surface area contributed by atoms with Crippen molar-refractivity contribution in [3.05, 3.63) is 40.0 Å². The van der Waals surface area contributed by atoms with Gasteiger partial charge >= 0.3 is 5.97 Å². The quantitative estimate of drug-likeness (QED) is 0.834. The summed E-state index contributed by atoms with van der Waals surface area (Å²) in [6, 6.07) is 4.66. The van der Waals surface area contributed by atoms with Gasteiger partial charge in [-0.15, -0.1) is 0 Å². The van der Waals surface area contributed by atoms with Crippen molar-refractivity contribution in [3.8, 4) is 0 Å². The van der Waals surface area contributed by atoms with Crippen molar-refractivity contribution < 1.29 is 9.90 Å². The smallest absolute Gasteiger partial charge is 0.337 e. The second kappa shape index (κ2) is 3.68. The number of carboxylic acid groups (broad SMARTS) is 1. The molecule has 3 nitrogen and oxygen atoms in total. The monoisotopic (exact) mass is 241 g/mol. The fourth-order valence-electron chi connectivity index (χ4n) is 1.27. The van der Waals surface area contributed by atoms with E-state index in [1.54, 1.807) is 12.1 Å². The van der Waals surface area contributed by atoms with Crippen LogP contribution in [0.3, 0.4) is 0 Å². The van der Waals surface area contributed by atoms with E-state index in [0.717, 1.165) is 0 Å². The van der Waals surface area contributed by atoms with Gasteiger partial charge in [-0.25, -0.2) is 4.79 Å². The lowest BCUT2D eigenvalue weighted by Gasteiger charge is -2.02. The Balaban J connectivity index is 2.76. The summed E-state index contributed by atoms with van der Waals surface area (Å²) >= 11 is 11.7. The predicted octanol–water partition coefficient (Wildman–Crippen LogP) is 3.24. The number of fused-ring (bicyclic) bond motifs is 1. The molecule has 2 rings (SSSR count). The van der Waals surface area contributed by atoms with Gasteiger partial charge in [-0.1, -0.05) is 23.2 Å². The average Bonchev–Trinajstić information content (AvgIpc) is 2.16. The van der Waals surface area contributed by atoms with E-state index in [0.29, 0.717) is 20.9 Å². The Labute approximate surface area is 95.3 Å². The molecule has 1 heterocycles. The van der Waals surface area contributed by atoms with Crippen LogP contribution in [0.5, 0.6) is 0 Å². The molecule has 1 aromatic carbocycles. The lowest BCUT2D eigenvalue weighted by molar-refractivity contribution is 0.0696. The van der Waals surface area contributed by atoms with Crippen LogP contribution in [0.15, 0.2) is 24.4 Å². The summed E-state index contributed by atoms with van der Waals surface area (Å²) in [7, 11) is 0. The molecule has 0 amide bonds. The first kappa shape index (κ1) is 10.2. The topological polar surface area (TPSA) is 50.2 Å². The number of halogens is 2. The Hall–Kier alpha value is -1.32. The number of rotatable bonds is 1. The number of hydrogen-bond donors (Lipinski definition) is 1. The van der Waals surface area contributed by atoms with Gasteiger partial charge in [0.05, 0.1) is 16.1 Å². The minimum Gasteiger partial charge on any atom is -0.478 e. The summed E-state index contributed by atoms with van der Waals surface area (Å²) in [4.78, 5) is 14.7.